The van der Waals surface area contributed by atoms with Gasteiger partial charge in [-0.3, -0.25) is 14.5 Å². The summed E-state index contributed by atoms with van der Waals surface area (Å²) in [6, 6.07) is 20.2. The molecule has 0 saturated carbocycles. The number of carbonyl (C=O) groups excluding carboxylic acids is 2. The molecular formula is C29H33N5O2. The zero-order valence-electron chi connectivity index (χ0n) is 21.3. The van der Waals surface area contributed by atoms with Crippen LogP contribution in [0.4, 0.5) is 5.82 Å². The van der Waals surface area contributed by atoms with Gasteiger partial charge in [0.1, 0.15) is 11.9 Å². The van der Waals surface area contributed by atoms with Crippen LogP contribution in [-0.4, -0.2) is 58.9 Å². The van der Waals surface area contributed by atoms with Gasteiger partial charge in [0.05, 0.1) is 18.5 Å². The molecule has 3 aromatic rings. The number of aromatic nitrogens is 1. The number of aryl methyl sites for hydroxylation is 1. The smallest absolute Gasteiger partial charge is 0.239 e. The molecule has 2 aromatic carbocycles. The molecule has 7 nitrogen and oxygen atoms in total. The Morgan fingerprint density at radius 2 is 1.61 bits per heavy atom. The van der Waals surface area contributed by atoms with Crippen molar-refractivity contribution in [2.45, 2.75) is 33.7 Å². The Kier molecular flexibility index (Phi) is 7.87. The molecular weight excluding hydrogens is 450 g/mol. The van der Waals surface area contributed by atoms with E-state index in [4.69, 9.17) is 0 Å². The zero-order valence-corrected chi connectivity index (χ0v) is 21.3. The molecule has 1 N–H and O–H groups in total. The number of nitrogens with zero attached hydrogens (tertiary/aromatic N) is 4. The van der Waals surface area contributed by atoms with Crippen LogP contribution in [-0.2, 0) is 22.6 Å². The van der Waals surface area contributed by atoms with E-state index in [-0.39, 0.29) is 18.4 Å². The van der Waals surface area contributed by atoms with Crippen molar-refractivity contribution in [3.63, 3.8) is 0 Å². The highest BCUT2D eigenvalue weighted by Crippen LogP contribution is 2.27. The second-order valence-electron chi connectivity index (χ2n) is 9.43. The van der Waals surface area contributed by atoms with E-state index in [0.29, 0.717) is 50.5 Å². The molecule has 1 fully saturated rings. The summed E-state index contributed by atoms with van der Waals surface area (Å²) in [5.74, 6) is 0.517. The first kappa shape index (κ1) is 25.2. The van der Waals surface area contributed by atoms with Crippen LogP contribution in [0.3, 0.4) is 0 Å². The molecule has 2 amide bonds. The van der Waals surface area contributed by atoms with Crippen LogP contribution in [0, 0.1) is 32.1 Å². The molecule has 4 rings (SSSR count). The summed E-state index contributed by atoms with van der Waals surface area (Å²) in [4.78, 5) is 29.7. The number of hydrogen-bond acceptors (Lipinski definition) is 4. The molecule has 1 aromatic heterocycles. The number of anilines is 1. The van der Waals surface area contributed by atoms with Crippen LogP contribution in [0.15, 0.2) is 54.6 Å². The van der Waals surface area contributed by atoms with Crippen molar-refractivity contribution in [1.82, 2.24) is 14.4 Å². The van der Waals surface area contributed by atoms with Gasteiger partial charge in [0, 0.05) is 38.4 Å². The number of carbonyl (C=O) groups is 2. The SMILES string of the molecule is Cc1ccccc1CC(=O)N1CCN(CC(=O)Nc2c(C#N)c(C)c(C)n2Cc2ccccc2)CC1. The summed E-state index contributed by atoms with van der Waals surface area (Å²) in [6.45, 7) is 9.19. The molecule has 36 heavy (non-hydrogen) atoms. The van der Waals surface area contributed by atoms with E-state index in [1.165, 1.54) is 0 Å². The maximum Gasteiger partial charge on any atom is 0.239 e. The fourth-order valence-electron chi connectivity index (χ4n) is 4.71. The van der Waals surface area contributed by atoms with Crippen LogP contribution in [0.2, 0.25) is 0 Å². The summed E-state index contributed by atoms with van der Waals surface area (Å²) < 4.78 is 2.00. The van der Waals surface area contributed by atoms with Gasteiger partial charge in [-0.2, -0.15) is 5.26 Å². The molecule has 7 heteroatoms. The molecule has 1 saturated heterocycles. The quantitative estimate of drug-likeness (QED) is 0.556. The largest absolute Gasteiger partial charge is 0.340 e. The van der Waals surface area contributed by atoms with E-state index in [1.54, 1.807) is 0 Å². The van der Waals surface area contributed by atoms with Crippen molar-refractivity contribution in [1.29, 1.82) is 5.26 Å². The number of amides is 2. The molecule has 0 bridgehead atoms. The topological polar surface area (TPSA) is 81.4 Å². The standard InChI is InChI=1S/C29H33N5O2/c1-21-9-7-8-12-25(21)17-28(36)33-15-13-32(14-16-33)20-27(35)31-29-26(18-30)22(2)23(3)34(29)19-24-10-5-4-6-11-24/h4-12H,13-17,19-20H2,1-3H3,(H,31,35). The molecule has 2 heterocycles. The fourth-order valence-corrected chi connectivity index (χ4v) is 4.71. The van der Waals surface area contributed by atoms with Gasteiger partial charge in [0.25, 0.3) is 0 Å². The summed E-state index contributed by atoms with van der Waals surface area (Å²) in [6.07, 6.45) is 0.404. The first-order valence-electron chi connectivity index (χ1n) is 12.4. The first-order valence-corrected chi connectivity index (χ1v) is 12.4. The predicted molar refractivity (Wildman–Crippen MR) is 141 cm³/mol. The first-order chi connectivity index (χ1) is 17.4. The summed E-state index contributed by atoms with van der Waals surface area (Å²) in [5.41, 5.74) is 5.63. The third-order valence-electron chi connectivity index (χ3n) is 7.08. The van der Waals surface area contributed by atoms with Gasteiger partial charge >= 0.3 is 0 Å². The van der Waals surface area contributed by atoms with Gasteiger partial charge in [-0.05, 0) is 43.0 Å². The molecule has 0 radical (unpaired) electrons. The highest BCUT2D eigenvalue weighted by molar-refractivity contribution is 5.93. The normalized spacial score (nSPS) is 13.9. The van der Waals surface area contributed by atoms with E-state index in [9.17, 15) is 14.9 Å². The second kappa shape index (κ2) is 11.2. The molecule has 1 aliphatic heterocycles. The molecule has 0 aliphatic carbocycles. The number of rotatable bonds is 7. The predicted octanol–water partition coefficient (Wildman–Crippen LogP) is 3.66. The highest BCUT2D eigenvalue weighted by atomic mass is 16.2. The Labute approximate surface area is 212 Å². The molecule has 0 spiro atoms. The van der Waals surface area contributed by atoms with Gasteiger partial charge in [0.2, 0.25) is 11.8 Å². The Hall–Kier alpha value is -3.89. The Balaban J connectivity index is 1.36. The third-order valence-corrected chi connectivity index (χ3v) is 7.08. The number of piperazine rings is 1. The van der Waals surface area contributed by atoms with Crippen molar-refractivity contribution in [3.05, 3.63) is 88.1 Å². The monoisotopic (exact) mass is 483 g/mol. The lowest BCUT2D eigenvalue weighted by molar-refractivity contribution is -0.132. The Morgan fingerprint density at radius 1 is 0.944 bits per heavy atom. The highest BCUT2D eigenvalue weighted by Gasteiger charge is 2.24. The zero-order chi connectivity index (χ0) is 25.7. The molecule has 186 valence electrons. The summed E-state index contributed by atoms with van der Waals surface area (Å²) >= 11 is 0. The van der Waals surface area contributed by atoms with Gasteiger partial charge in [-0.15, -0.1) is 0 Å². The van der Waals surface area contributed by atoms with Crippen LogP contribution in [0.25, 0.3) is 0 Å². The third kappa shape index (κ3) is 5.67. The summed E-state index contributed by atoms with van der Waals surface area (Å²) in [5, 5.41) is 12.8. The Morgan fingerprint density at radius 3 is 2.28 bits per heavy atom. The van der Waals surface area contributed by atoms with Crippen molar-refractivity contribution < 1.29 is 9.59 Å². The van der Waals surface area contributed by atoms with Gasteiger partial charge in [0.15, 0.2) is 0 Å². The van der Waals surface area contributed by atoms with E-state index in [0.717, 1.165) is 27.9 Å². The maximum absolute atomic E-state index is 13.0. The minimum absolute atomic E-state index is 0.122. The van der Waals surface area contributed by atoms with Gasteiger partial charge < -0.3 is 14.8 Å². The number of benzene rings is 2. The number of nitriles is 1. The molecule has 0 atom stereocenters. The Bertz CT molecular complexity index is 1280. The second-order valence-corrected chi connectivity index (χ2v) is 9.43. The number of nitrogens with one attached hydrogen (secondary N) is 1. The van der Waals surface area contributed by atoms with Crippen molar-refractivity contribution >= 4 is 17.6 Å². The van der Waals surface area contributed by atoms with Crippen LogP contribution >= 0.6 is 0 Å². The van der Waals surface area contributed by atoms with E-state index in [1.807, 2.05) is 84.8 Å². The minimum atomic E-state index is -0.155. The van der Waals surface area contributed by atoms with Gasteiger partial charge in [-0.25, -0.2) is 0 Å². The fraction of sp³-hybridized carbons (Fsp3) is 0.345. The van der Waals surface area contributed by atoms with Crippen molar-refractivity contribution in [2.24, 2.45) is 0 Å². The number of hydrogen-bond donors (Lipinski definition) is 1. The average molecular weight is 484 g/mol. The van der Waals surface area contributed by atoms with E-state index in [2.05, 4.69) is 16.3 Å². The van der Waals surface area contributed by atoms with Crippen molar-refractivity contribution in [2.75, 3.05) is 38.0 Å². The average Bonchev–Trinajstić information content (AvgIpc) is 3.10. The van der Waals surface area contributed by atoms with Crippen LogP contribution < -0.4 is 5.32 Å². The summed E-state index contributed by atoms with van der Waals surface area (Å²) in [7, 11) is 0. The lowest BCUT2D eigenvalue weighted by Gasteiger charge is -2.34. The van der Waals surface area contributed by atoms with E-state index < -0.39 is 0 Å². The van der Waals surface area contributed by atoms with Crippen LogP contribution in [0.5, 0.6) is 0 Å². The lowest BCUT2D eigenvalue weighted by atomic mass is 10.1. The van der Waals surface area contributed by atoms with Crippen molar-refractivity contribution in [3.8, 4) is 6.07 Å². The minimum Gasteiger partial charge on any atom is -0.340 e. The van der Waals surface area contributed by atoms with E-state index >= 15 is 0 Å². The molecule has 1 aliphatic rings. The maximum atomic E-state index is 13.0. The molecule has 0 unspecified atom stereocenters. The van der Waals surface area contributed by atoms with Crippen LogP contribution in [0.1, 0.15) is 33.5 Å². The lowest BCUT2D eigenvalue weighted by Crippen LogP contribution is -2.50. The van der Waals surface area contributed by atoms with Gasteiger partial charge in [-0.1, -0.05) is 54.6 Å².